The molecule has 1 aliphatic rings. The highest BCUT2D eigenvalue weighted by atomic mass is 16.1. The van der Waals surface area contributed by atoms with Crippen LogP contribution in [0.5, 0.6) is 0 Å². The maximum Gasteiger partial charge on any atom is 0.146 e. The van der Waals surface area contributed by atoms with Gasteiger partial charge < -0.3 is 0 Å². The Morgan fingerprint density at radius 3 is 2.50 bits per heavy atom. The van der Waals surface area contributed by atoms with Gasteiger partial charge in [-0.05, 0) is 24.8 Å². The van der Waals surface area contributed by atoms with Gasteiger partial charge in [-0.2, -0.15) is 0 Å². The van der Waals surface area contributed by atoms with E-state index in [-0.39, 0.29) is 0 Å². The first kappa shape index (κ1) is 5.54. The lowest BCUT2D eigenvalue weighted by molar-refractivity contribution is -0.105. The molecule has 1 heteroatoms. The molecule has 0 aromatic carbocycles. The summed E-state index contributed by atoms with van der Waals surface area (Å²) in [7, 11) is 0. The average molecular weight is 110 g/mol. The van der Waals surface area contributed by atoms with E-state index >= 15 is 0 Å². The van der Waals surface area contributed by atoms with Crippen LogP contribution in [-0.2, 0) is 4.79 Å². The van der Waals surface area contributed by atoms with Crippen LogP contribution in [0.25, 0.3) is 0 Å². The van der Waals surface area contributed by atoms with Crippen molar-refractivity contribution in [1.29, 1.82) is 0 Å². The quantitative estimate of drug-likeness (QED) is 0.468. The van der Waals surface area contributed by atoms with E-state index in [2.05, 4.69) is 6.92 Å². The molecule has 0 bridgehead atoms. The fourth-order valence-corrected chi connectivity index (χ4v) is 1.19. The Hall–Kier alpha value is -0.590. The normalized spacial score (nSPS) is 27.5. The van der Waals surface area contributed by atoms with E-state index in [1.54, 1.807) is 0 Å². The van der Waals surface area contributed by atoms with Crippen molar-refractivity contribution in [3.05, 3.63) is 11.1 Å². The van der Waals surface area contributed by atoms with Gasteiger partial charge in [-0.1, -0.05) is 12.5 Å². The maximum atomic E-state index is 10.2. The summed E-state index contributed by atoms with van der Waals surface area (Å²) in [6.07, 6.45) is 2.09. The van der Waals surface area contributed by atoms with Crippen LogP contribution >= 0.6 is 0 Å². The number of carbonyl (C=O) groups excluding carboxylic acids is 1. The molecule has 1 atom stereocenters. The fraction of sp³-hybridized carbons (Fsp3) is 0.571. The van der Waals surface area contributed by atoms with Gasteiger partial charge in [0.1, 0.15) is 6.29 Å². The second kappa shape index (κ2) is 1.73. The molecular formula is C7H10O. The largest absolute Gasteiger partial charge is 0.298 e. The lowest BCUT2D eigenvalue weighted by Crippen LogP contribution is -2.14. The van der Waals surface area contributed by atoms with Gasteiger partial charge in [0, 0.05) is 0 Å². The topological polar surface area (TPSA) is 17.1 Å². The molecule has 0 aromatic rings. The zero-order valence-corrected chi connectivity index (χ0v) is 5.27. The third-order valence-electron chi connectivity index (χ3n) is 1.76. The number of allylic oxidation sites excluding steroid dienone is 2. The van der Waals surface area contributed by atoms with Crippen molar-refractivity contribution < 1.29 is 4.79 Å². The van der Waals surface area contributed by atoms with Crippen LogP contribution in [0.15, 0.2) is 11.1 Å². The Labute approximate surface area is 49.4 Å². The van der Waals surface area contributed by atoms with Gasteiger partial charge >= 0.3 is 0 Å². The lowest BCUT2D eigenvalue weighted by Gasteiger charge is -2.24. The highest BCUT2D eigenvalue weighted by Crippen LogP contribution is 2.31. The summed E-state index contributed by atoms with van der Waals surface area (Å²) < 4.78 is 0. The molecule has 0 heterocycles. The van der Waals surface area contributed by atoms with E-state index in [0.717, 1.165) is 18.3 Å². The van der Waals surface area contributed by atoms with Crippen LogP contribution < -0.4 is 0 Å². The lowest BCUT2D eigenvalue weighted by atomic mass is 9.80. The Morgan fingerprint density at radius 2 is 2.38 bits per heavy atom. The zero-order chi connectivity index (χ0) is 6.15. The molecule has 8 heavy (non-hydrogen) atoms. The minimum atomic E-state index is 0.535. The van der Waals surface area contributed by atoms with Crippen molar-refractivity contribution in [2.24, 2.45) is 5.92 Å². The van der Waals surface area contributed by atoms with Crippen LogP contribution in [0.1, 0.15) is 20.3 Å². The second-order valence-corrected chi connectivity index (χ2v) is 2.46. The SMILES string of the molecule is CC1=C(C=O)C(C)C1. The summed E-state index contributed by atoms with van der Waals surface area (Å²) in [5.41, 5.74) is 2.29. The molecular weight excluding hydrogens is 100 g/mol. The fourth-order valence-electron chi connectivity index (χ4n) is 1.19. The molecule has 0 spiro atoms. The molecule has 0 saturated heterocycles. The minimum Gasteiger partial charge on any atom is -0.298 e. The van der Waals surface area contributed by atoms with Gasteiger partial charge in [0.25, 0.3) is 0 Å². The first-order valence-electron chi connectivity index (χ1n) is 2.90. The smallest absolute Gasteiger partial charge is 0.146 e. The summed E-state index contributed by atoms with van der Waals surface area (Å²) in [4.78, 5) is 10.2. The van der Waals surface area contributed by atoms with Gasteiger partial charge in [-0.3, -0.25) is 4.79 Å². The van der Waals surface area contributed by atoms with Crippen molar-refractivity contribution in [2.45, 2.75) is 20.3 Å². The van der Waals surface area contributed by atoms with Gasteiger partial charge in [0.05, 0.1) is 0 Å². The van der Waals surface area contributed by atoms with Crippen molar-refractivity contribution in [3.8, 4) is 0 Å². The van der Waals surface area contributed by atoms with Crippen LogP contribution in [0.4, 0.5) is 0 Å². The standard InChI is InChI=1S/C7H10O/c1-5-3-6(2)7(5)4-8/h4-5H,3H2,1-2H3. The number of carbonyl (C=O) groups is 1. The van der Waals surface area contributed by atoms with Crippen molar-refractivity contribution in [3.63, 3.8) is 0 Å². The van der Waals surface area contributed by atoms with Crippen LogP contribution in [-0.4, -0.2) is 6.29 Å². The van der Waals surface area contributed by atoms with Gasteiger partial charge in [-0.15, -0.1) is 0 Å². The summed E-state index contributed by atoms with van der Waals surface area (Å²) in [6.45, 7) is 4.10. The molecule has 44 valence electrons. The molecule has 1 unspecified atom stereocenters. The third kappa shape index (κ3) is 0.585. The summed E-state index contributed by atoms with van der Waals surface area (Å²) >= 11 is 0. The summed E-state index contributed by atoms with van der Waals surface area (Å²) in [5, 5.41) is 0. The first-order chi connectivity index (χ1) is 3.75. The highest BCUT2D eigenvalue weighted by Gasteiger charge is 2.20. The van der Waals surface area contributed by atoms with Crippen molar-refractivity contribution in [2.75, 3.05) is 0 Å². The monoisotopic (exact) mass is 110 g/mol. The van der Waals surface area contributed by atoms with Crippen LogP contribution in [0, 0.1) is 5.92 Å². The molecule has 0 amide bonds. The molecule has 0 aliphatic heterocycles. The number of hydrogen-bond donors (Lipinski definition) is 0. The Bertz CT molecular complexity index is 144. The molecule has 1 nitrogen and oxygen atoms in total. The van der Waals surface area contributed by atoms with E-state index in [1.807, 2.05) is 6.92 Å². The molecule has 0 saturated carbocycles. The number of hydrogen-bond acceptors (Lipinski definition) is 1. The molecule has 1 aliphatic carbocycles. The number of rotatable bonds is 1. The Kier molecular flexibility index (Phi) is 1.20. The Morgan fingerprint density at radius 1 is 1.75 bits per heavy atom. The van der Waals surface area contributed by atoms with Gasteiger partial charge in [0.2, 0.25) is 0 Å². The maximum absolute atomic E-state index is 10.2. The number of aldehydes is 1. The van der Waals surface area contributed by atoms with Gasteiger partial charge in [0.15, 0.2) is 0 Å². The zero-order valence-electron chi connectivity index (χ0n) is 5.27. The molecule has 1 rings (SSSR count). The Balaban J connectivity index is 2.74. The third-order valence-corrected chi connectivity index (χ3v) is 1.76. The molecule has 0 N–H and O–H groups in total. The van der Waals surface area contributed by atoms with E-state index in [0.29, 0.717) is 5.92 Å². The predicted molar refractivity (Wildman–Crippen MR) is 32.5 cm³/mol. The van der Waals surface area contributed by atoms with E-state index in [4.69, 9.17) is 0 Å². The summed E-state index contributed by atoms with van der Waals surface area (Å²) in [5.74, 6) is 0.535. The van der Waals surface area contributed by atoms with E-state index in [9.17, 15) is 4.79 Å². The molecule has 0 radical (unpaired) electrons. The molecule has 0 aromatic heterocycles. The molecule has 0 fully saturated rings. The van der Waals surface area contributed by atoms with Crippen molar-refractivity contribution in [1.82, 2.24) is 0 Å². The van der Waals surface area contributed by atoms with Gasteiger partial charge in [-0.25, -0.2) is 0 Å². The summed E-state index contributed by atoms with van der Waals surface area (Å²) in [6, 6.07) is 0. The average Bonchev–Trinajstić information content (AvgIpc) is 1.67. The van der Waals surface area contributed by atoms with Crippen LogP contribution in [0.2, 0.25) is 0 Å². The first-order valence-corrected chi connectivity index (χ1v) is 2.90. The van der Waals surface area contributed by atoms with Crippen LogP contribution in [0.3, 0.4) is 0 Å². The van der Waals surface area contributed by atoms with Crippen molar-refractivity contribution >= 4 is 6.29 Å². The second-order valence-electron chi connectivity index (χ2n) is 2.46. The minimum absolute atomic E-state index is 0.535. The predicted octanol–water partition coefficient (Wildman–Crippen LogP) is 1.54. The highest BCUT2D eigenvalue weighted by molar-refractivity contribution is 5.77. The van der Waals surface area contributed by atoms with E-state index in [1.165, 1.54) is 5.57 Å². The van der Waals surface area contributed by atoms with E-state index < -0.39 is 0 Å².